The van der Waals surface area contributed by atoms with Crippen molar-refractivity contribution in [1.82, 2.24) is 9.97 Å². The molecule has 1 saturated carbocycles. The first-order valence-electron chi connectivity index (χ1n) is 7.43. The minimum atomic E-state index is -0.310. The molecule has 0 saturated heterocycles. The molecule has 0 amide bonds. The molecule has 5 heteroatoms. The second-order valence-corrected chi connectivity index (χ2v) is 5.64. The van der Waals surface area contributed by atoms with Crippen LogP contribution in [-0.2, 0) is 11.2 Å². The van der Waals surface area contributed by atoms with Crippen molar-refractivity contribution in [2.45, 2.75) is 45.4 Å². The molecule has 4 nitrogen and oxygen atoms in total. The number of aryl methyl sites for hydroxylation is 1. The normalized spacial score (nSPS) is 17.4. The van der Waals surface area contributed by atoms with Gasteiger partial charge in [0.25, 0.3) is 0 Å². The van der Waals surface area contributed by atoms with E-state index < -0.39 is 0 Å². The molecule has 0 radical (unpaired) electrons. The molecule has 1 N–H and O–H groups in total. The van der Waals surface area contributed by atoms with Crippen molar-refractivity contribution in [2.75, 3.05) is 25.6 Å². The van der Waals surface area contributed by atoms with Crippen molar-refractivity contribution in [3.63, 3.8) is 0 Å². The predicted octanol–water partition coefficient (Wildman–Crippen LogP) is 3.19. The quantitative estimate of drug-likeness (QED) is 0.834. The Bertz CT molecular complexity index is 433. The Morgan fingerprint density at radius 1 is 1.35 bits per heavy atom. The summed E-state index contributed by atoms with van der Waals surface area (Å²) in [5.74, 6) is 0.0235. The molecule has 0 unspecified atom stereocenters. The summed E-state index contributed by atoms with van der Waals surface area (Å²) in [6.07, 6.45) is 7.88. The Morgan fingerprint density at radius 2 is 2.10 bits per heavy atom. The van der Waals surface area contributed by atoms with E-state index in [4.69, 9.17) is 4.74 Å². The number of nitrogens with one attached hydrogen (secondary N) is 1. The number of ether oxygens (including phenoxy) is 1. The van der Waals surface area contributed by atoms with Crippen LogP contribution in [0.5, 0.6) is 0 Å². The minimum Gasteiger partial charge on any atom is -0.385 e. The zero-order chi connectivity index (χ0) is 14.4. The van der Waals surface area contributed by atoms with E-state index in [-0.39, 0.29) is 11.2 Å². The first-order valence-corrected chi connectivity index (χ1v) is 7.43. The monoisotopic (exact) mass is 281 g/mol. The van der Waals surface area contributed by atoms with Crippen LogP contribution in [0.4, 0.5) is 10.2 Å². The maximum absolute atomic E-state index is 14.1. The molecule has 2 rings (SSSR count). The van der Waals surface area contributed by atoms with Crippen molar-refractivity contribution >= 4 is 5.82 Å². The highest BCUT2D eigenvalue weighted by atomic mass is 19.1. The number of hydrogen-bond acceptors (Lipinski definition) is 4. The largest absolute Gasteiger partial charge is 0.385 e. The van der Waals surface area contributed by atoms with E-state index in [9.17, 15) is 4.39 Å². The van der Waals surface area contributed by atoms with E-state index in [1.165, 1.54) is 32.0 Å². The zero-order valence-corrected chi connectivity index (χ0v) is 12.4. The first-order chi connectivity index (χ1) is 9.71. The fraction of sp³-hybridized carbons (Fsp3) is 0.733. The molecular formula is C15H24FN3O. The lowest BCUT2D eigenvalue weighted by Crippen LogP contribution is -2.29. The SMILES string of the molecule is CCc1ncnc(NCC2(CCOC)CCCC2)c1F. The molecule has 1 fully saturated rings. The van der Waals surface area contributed by atoms with Crippen LogP contribution in [0.1, 0.15) is 44.7 Å². The molecule has 0 aromatic carbocycles. The van der Waals surface area contributed by atoms with Crippen molar-refractivity contribution in [3.05, 3.63) is 17.8 Å². The summed E-state index contributed by atoms with van der Waals surface area (Å²) in [6, 6.07) is 0. The molecule has 0 spiro atoms. The van der Waals surface area contributed by atoms with Crippen LogP contribution >= 0.6 is 0 Å². The van der Waals surface area contributed by atoms with Gasteiger partial charge in [-0.1, -0.05) is 19.8 Å². The van der Waals surface area contributed by atoms with Gasteiger partial charge in [-0.15, -0.1) is 0 Å². The van der Waals surface area contributed by atoms with Gasteiger partial charge in [-0.2, -0.15) is 0 Å². The molecule has 1 aromatic rings. The van der Waals surface area contributed by atoms with Crippen molar-refractivity contribution in [3.8, 4) is 0 Å². The van der Waals surface area contributed by atoms with Gasteiger partial charge in [-0.3, -0.25) is 0 Å². The van der Waals surface area contributed by atoms with Gasteiger partial charge >= 0.3 is 0 Å². The Labute approximate surface area is 120 Å². The van der Waals surface area contributed by atoms with E-state index in [1.54, 1.807) is 7.11 Å². The highest BCUT2D eigenvalue weighted by molar-refractivity contribution is 5.37. The van der Waals surface area contributed by atoms with E-state index in [1.807, 2.05) is 6.92 Å². The Balaban J connectivity index is 2.02. The van der Waals surface area contributed by atoms with Gasteiger partial charge < -0.3 is 10.1 Å². The highest BCUT2D eigenvalue weighted by Gasteiger charge is 2.33. The van der Waals surface area contributed by atoms with Crippen LogP contribution in [0.3, 0.4) is 0 Å². The van der Waals surface area contributed by atoms with Crippen LogP contribution in [-0.4, -0.2) is 30.2 Å². The van der Waals surface area contributed by atoms with Crippen LogP contribution in [0.2, 0.25) is 0 Å². The smallest absolute Gasteiger partial charge is 0.186 e. The number of methoxy groups -OCH3 is 1. The number of hydrogen-bond donors (Lipinski definition) is 1. The average molecular weight is 281 g/mol. The number of anilines is 1. The second kappa shape index (κ2) is 6.97. The van der Waals surface area contributed by atoms with Crippen LogP contribution < -0.4 is 5.32 Å². The number of nitrogens with zero attached hydrogens (tertiary/aromatic N) is 2. The summed E-state index contributed by atoms with van der Waals surface area (Å²) in [6.45, 7) is 3.41. The molecule has 0 atom stereocenters. The van der Waals surface area contributed by atoms with Gasteiger partial charge in [-0.25, -0.2) is 14.4 Å². The van der Waals surface area contributed by atoms with Crippen LogP contribution in [0.15, 0.2) is 6.33 Å². The average Bonchev–Trinajstić information content (AvgIpc) is 2.93. The van der Waals surface area contributed by atoms with Crippen LogP contribution in [0.25, 0.3) is 0 Å². The fourth-order valence-electron chi connectivity index (χ4n) is 3.01. The number of aromatic nitrogens is 2. The standard InChI is InChI=1S/C15H24FN3O/c1-3-12-13(16)14(19-11-18-12)17-10-15(8-9-20-2)6-4-5-7-15/h11H,3-10H2,1-2H3,(H,17,18,19). The lowest BCUT2D eigenvalue weighted by Gasteiger charge is -2.29. The summed E-state index contributed by atoms with van der Waals surface area (Å²) in [5, 5.41) is 3.20. The Kier molecular flexibility index (Phi) is 5.29. The molecule has 0 bridgehead atoms. The summed E-state index contributed by atoms with van der Waals surface area (Å²) in [4.78, 5) is 7.99. The summed E-state index contributed by atoms with van der Waals surface area (Å²) >= 11 is 0. The molecule has 1 aromatic heterocycles. The Morgan fingerprint density at radius 3 is 2.75 bits per heavy atom. The van der Waals surface area contributed by atoms with Gasteiger partial charge in [-0.05, 0) is 31.1 Å². The van der Waals surface area contributed by atoms with Gasteiger partial charge in [0, 0.05) is 20.3 Å². The lowest BCUT2D eigenvalue weighted by molar-refractivity contribution is 0.143. The predicted molar refractivity (Wildman–Crippen MR) is 77.3 cm³/mol. The molecule has 112 valence electrons. The molecule has 1 aliphatic carbocycles. The Hall–Kier alpha value is -1.23. The highest BCUT2D eigenvalue weighted by Crippen LogP contribution is 2.41. The molecule has 20 heavy (non-hydrogen) atoms. The van der Waals surface area contributed by atoms with E-state index in [0.717, 1.165) is 19.6 Å². The third-order valence-corrected chi connectivity index (χ3v) is 4.33. The van der Waals surface area contributed by atoms with Gasteiger partial charge in [0.15, 0.2) is 11.6 Å². The number of halogens is 1. The third kappa shape index (κ3) is 3.45. The topological polar surface area (TPSA) is 47.0 Å². The summed E-state index contributed by atoms with van der Waals surface area (Å²) in [5.41, 5.74) is 0.694. The van der Waals surface area contributed by atoms with Crippen molar-refractivity contribution in [1.29, 1.82) is 0 Å². The fourth-order valence-corrected chi connectivity index (χ4v) is 3.01. The van der Waals surface area contributed by atoms with Gasteiger partial charge in [0.05, 0.1) is 5.69 Å². The maximum atomic E-state index is 14.1. The van der Waals surface area contributed by atoms with Gasteiger partial charge in [0.1, 0.15) is 6.33 Å². The molecule has 1 aliphatic rings. The molecule has 1 heterocycles. The first kappa shape index (κ1) is 15.2. The van der Waals surface area contributed by atoms with Crippen molar-refractivity contribution < 1.29 is 9.13 Å². The lowest BCUT2D eigenvalue weighted by atomic mass is 9.83. The molecular weight excluding hydrogens is 257 g/mol. The second-order valence-electron chi connectivity index (χ2n) is 5.64. The number of rotatable bonds is 7. The zero-order valence-electron chi connectivity index (χ0n) is 12.4. The summed E-state index contributed by atoms with van der Waals surface area (Å²) < 4.78 is 19.3. The summed E-state index contributed by atoms with van der Waals surface area (Å²) in [7, 11) is 1.73. The van der Waals surface area contributed by atoms with Crippen molar-refractivity contribution in [2.24, 2.45) is 5.41 Å². The van der Waals surface area contributed by atoms with E-state index in [0.29, 0.717) is 17.9 Å². The van der Waals surface area contributed by atoms with E-state index in [2.05, 4.69) is 15.3 Å². The minimum absolute atomic E-state index is 0.222. The van der Waals surface area contributed by atoms with E-state index >= 15 is 0 Å². The molecule has 0 aliphatic heterocycles. The third-order valence-electron chi connectivity index (χ3n) is 4.33. The van der Waals surface area contributed by atoms with Gasteiger partial charge in [0.2, 0.25) is 0 Å². The maximum Gasteiger partial charge on any atom is 0.186 e. The van der Waals surface area contributed by atoms with Crippen LogP contribution in [0, 0.1) is 11.2 Å².